The normalized spacial score (nSPS) is 16.6. The van der Waals surface area contributed by atoms with Gasteiger partial charge < -0.3 is 15.4 Å². The van der Waals surface area contributed by atoms with Gasteiger partial charge in [0.25, 0.3) is 11.8 Å². The van der Waals surface area contributed by atoms with Crippen LogP contribution in [0.15, 0.2) is 48.8 Å². The molecule has 1 atom stereocenters. The molecule has 6 nitrogen and oxygen atoms in total. The van der Waals surface area contributed by atoms with E-state index in [-0.39, 0.29) is 17.9 Å². The zero-order valence-electron chi connectivity index (χ0n) is 13.2. The third kappa shape index (κ3) is 3.97. The second-order valence-corrected chi connectivity index (χ2v) is 5.58. The Morgan fingerprint density at radius 3 is 2.67 bits per heavy atom. The van der Waals surface area contributed by atoms with Gasteiger partial charge in [0, 0.05) is 31.1 Å². The second-order valence-electron chi connectivity index (χ2n) is 5.58. The average molecular weight is 325 g/mol. The van der Waals surface area contributed by atoms with E-state index in [0.29, 0.717) is 23.4 Å². The summed E-state index contributed by atoms with van der Waals surface area (Å²) in [5.74, 6) is -0.507. The van der Waals surface area contributed by atoms with Crippen molar-refractivity contribution in [2.45, 2.75) is 18.9 Å². The Labute approximate surface area is 140 Å². The lowest BCUT2D eigenvalue weighted by atomic mass is 10.1. The highest BCUT2D eigenvalue weighted by Gasteiger charge is 2.18. The molecule has 0 unspecified atom stereocenters. The van der Waals surface area contributed by atoms with Gasteiger partial charge in [-0.2, -0.15) is 0 Å². The number of pyridine rings is 1. The van der Waals surface area contributed by atoms with Crippen LogP contribution in [0.1, 0.15) is 33.6 Å². The molecule has 2 heterocycles. The van der Waals surface area contributed by atoms with Crippen LogP contribution in [0.25, 0.3) is 0 Å². The number of ether oxygens (including phenoxy) is 1. The number of benzene rings is 1. The van der Waals surface area contributed by atoms with E-state index in [4.69, 9.17) is 4.74 Å². The van der Waals surface area contributed by atoms with Gasteiger partial charge in [-0.05, 0) is 37.1 Å². The molecule has 1 aromatic heterocycles. The molecular weight excluding hydrogens is 306 g/mol. The van der Waals surface area contributed by atoms with Crippen LogP contribution >= 0.6 is 0 Å². The highest BCUT2D eigenvalue weighted by atomic mass is 16.5. The fraction of sp³-hybridized carbons (Fsp3) is 0.278. The van der Waals surface area contributed by atoms with E-state index >= 15 is 0 Å². The number of carbonyl (C=O) groups is 2. The summed E-state index contributed by atoms with van der Waals surface area (Å²) in [7, 11) is 0. The first-order valence-corrected chi connectivity index (χ1v) is 7.94. The molecule has 1 fully saturated rings. The average Bonchev–Trinajstić information content (AvgIpc) is 3.14. The van der Waals surface area contributed by atoms with Gasteiger partial charge in [-0.3, -0.25) is 14.6 Å². The van der Waals surface area contributed by atoms with Crippen molar-refractivity contribution in [1.82, 2.24) is 10.3 Å². The Morgan fingerprint density at radius 1 is 1.12 bits per heavy atom. The minimum absolute atomic E-state index is 0.0764. The van der Waals surface area contributed by atoms with Crippen molar-refractivity contribution in [3.8, 4) is 0 Å². The summed E-state index contributed by atoms with van der Waals surface area (Å²) in [4.78, 5) is 28.6. The summed E-state index contributed by atoms with van der Waals surface area (Å²) >= 11 is 0. The third-order valence-electron chi connectivity index (χ3n) is 3.88. The Hall–Kier alpha value is -2.73. The van der Waals surface area contributed by atoms with Crippen LogP contribution in [0.3, 0.4) is 0 Å². The molecule has 1 saturated heterocycles. The van der Waals surface area contributed by atoms with Gasteiger partial charge in [0.1, 0.15) is 0 Å². The van der Waals surface area contributed by atoms with Gasteiger partial charge in [-0.15, -0.1) is 0 Å². The molecule has 1 aliphatic heterocycles. The molecule has 0 aliphatic carbocycles. The molecule has 124 valence electrons. The lowest BCUT2D eigenvalue weighted by molar-refractivity contribution is 0.0858. The SMILES string of the molecule is O=C(Nc1ccccc1C(=O)NC[C@@H]1CCCO1)c1ccncc1. The Balaban J connectivity index is 1.68. The molecule has 24 heavy (non-hydrogen) atoms. The highest BCUT2D eigenvalue weighted by molar-refractivity contribution is 6.08. The maximum atomic E-state index is 12.4. The van der Waals surface area contributed by atoms with Gasteiger partial charge in [-0.1, -0.05) is 12.1 Å². The molecular formula is C18H19N3O3. The standard InChI is InChI=1S/C18H19N3O3/c22-17(13-7-9-19-10-8-13)21-16-6-2-1-5-15(16)18(23)20-12-14-4-3-11-24-14/h1-2,5-10,14H,3-4,11-12H2,(H,20,23)(H,21,22)/t14-/m0/s1. The van der Waals surface area contributed by atoms with Crippen LogP contribution in [-0.2, 0) is 4.74 Å². The number of hydrogen-bond acceptors (Lipinski definition) is 4. The van der Waals surface area contributed by atoms with Crippen molar-refractivity contribution in [1.29, 1.82) is 0 Å². The van der Waals surface area contributed by atoms with Crippen molar-refractivity contribution < 1.29 is 14.3 Å². The molecule has 0 bridgehead atoms. The fourth-order valence-corrected chi connectivity index (χ4v) is 2.59. The van der Waals surface area contributed by atoms with Crippen molar-refractivity contribution in [2.75, 3.05) is 18.5 Å². The molecule has 2 N–H and O–H groups in total. The van der Waals surface area contributed by atoms with E-state index in [9.17, 15) is 9.59 Å². The van der Waals surface area contributed by atoms with Crippen LogP contribution < -0.4 is 10.6 Å². The lowest BCUT2D eigenvalue weighted by Gasteiger charge is -2.13. The van der Waals surface area contributed by atoms with Crippen molar-refractivity contribution >= 4 is 17.5 Å². The van der Waals surface area contributed by atoms with E-state index in [0.717, 1.165) is 19.4 Å². The zero-order chi connectivity index (χ0) is 16.8. The van der Waals surface area contributed by atoms with Crippen molar-refractivity contribution in [3.63, 3.8) is 0 Å². The summed E-state index contributed by atoms with van der Waals surface area (Å²) in [6, 6.07) is 10.2. The maximum absolute atomic E-state index is 12.4. The number of nitrogens with zero attached hydrogens (tertiary/aromatic N) is 1. The van der Waals surface area contributed by atoms with Crippen LogP contribution in [0.5, 0.6) is 0 Å². The first-order chi connectivity index (χ1) is 11.7. The molecule has 6 heteroatoms. The Morgan fingerprint density at radius 2 is 1.92 bits per heavy atom. The zero-order valence-corrected chi connectivity index (χ0v) is 13.2. The summed E-state index contributed by atoms with van der Waals surface area (Å²) in [5.41, 5.74) is 1.39. The van der Waals surface area contributed by atoms with Crippen LogP contribution in [0, 0.1) is 0 Å². The molecule has 0 spiro atoms. The van der Waals surface area contributed by atoms with Gasteiger partial charge in [0.15, 0.2) is 0 Å². The van der Waals surface area contributed by atoms with E-state index in [1.54, 1.807) is 48.8 Å². The summed E-state index contributed by atoms with van der Waals surface area (Å²) in [5, 5.41) is 5.65. The molecule has 1 aliphatic rings. The van der Waals surface area contributed by atoms with E-state index in [2.05, 4.69) is 15.6 Å². The highest BCUT2D eigenvalue weighted by Crippen LogP contribution is 2.17. The summed E-state index contributed by atoms with van der Waals surface area (Å²) in [6.07, 6.45) is 5.16. The smallest absolute Gasteiger partial charge is 0.255 e. The fourth-order valence-electron chi connectivity index (χ4n) is 2.59. The number of anilines is 1. The van der Waals surface area contributed by atoms with Crippen LogP contribution in [0.2, 0.25) is 0 Å². The Bertz CT molecular complexity index is 712. The number of amides is 2. The second kappa shape index (κ2) is 7.70. The molecule has 2 aromatic rings. The van der Waals surface area contributed by atoms with Gasteiger partial charge >= 0.3 is 0 Å². The van der Waals surface area contributed by atoms with Crippen molar-refractivity contribution in [3.05, 3.63) is 59.9 Å². The van der Waals surface area contributed by atoms with Crippen LogP contribution in [-0.4, -0.2) is 36.1 Å². The van der Waals surface area contributed by atoms with Crippen LogP contribution in [0.4, 0.5) is 5.69 Å². The molecule has 0 radical (unpaired) electrons. The number of para-hydroxylation sites is 1. The molecule has 2 amide bonds. The Kier molecular flexibility index (Phi) is 5.18. The monoisotopic (exact) mass is 325 g/mol. The van der Waals surface area contributed by atoms with Gasteiger partial charge in [0.2, 0.25) is 0 Å². The van der Waals surface area contributed by atoms with E-state index < -0.39 is 0 Å². The largest absolute Gasteiger partial charge is 0.376 e. The van der Waals surface area contributed by atoms with E-state index in [1.807, 2.05) is 0 Å². The first kappa shape index (κ1) is 16.1. The summed E-state index contributed by atoms with van der Waals surface area (Å²) in [6.45, 7) is 1.23. The number of hydrogen-bond donors (Lipinski definition) is 2. The lowest BCUT2D eigenvalue weighted by Crippen LogP contribution is -2.32. The van der Waals surface area contributed by atoms with E-state index in [1.165, 1.54) is 0 Å². The molecule has 0 saturated carbocycles. The number of rotatable bonds is 5. The minimum atomic E-state index is -0.281. The minimum Gasteiger partial charge on any atom is -0.376 e. The maximum Gasteiger partial charge on any atom is 0.255 e. The molecule has 1 aromatic carbocycles. The third-order valence-corrected chi connectivity index (χ3v) is 3.88. The number of aromatic nitrogens is 1. The quantitative estimate of drug-likeness (QED) is 0.883. The molecule has 3 rings (SSSR count). The van der Waals surface area contributed by atoms with Gasteiger partial charge in [0.05, 0.1) is 17.4 Å². The number of carbonyl (C=O) groups excluding carboxylic acids is 2. The predicted octanol–water partition coefficient (Wildman–Crippen LogP) is 2.24. The predicted molar refractivity (Wildman–Crippen MR) is 89.9 cm³/mol. The summed E-state index contributed by atoms with van der Waals surface area (Å²) < 4.78 is 5.50. The van der Waals surface area contributed by atoms with Crippen molar-refractivity contribution in [2.24, 2.45) is 0 Å². The topological polar surface area (TPSA) is 80.3 Å². The number of nitrogens with one attached hydrogen (secondary N) is 2. The first-order valence-electron chi connectivity index (χ1n) is 7.94. The van der Waals surface area contributed by atoms with Gasteiger partial charge in [-0.25, -0.2) is 0 Å².